The summed E-state index contributed by atoms with van der Waals surface area (Å²) in [5.41, 5.74) is 1.32. The van der Waals surface area contributed by atoms with Crippen molar-refractivity contribution in [3.8, 4) is 0 Å². The Labute approximate surface area is 127 Å². The fourth-order valence-corrected chi connectivity index (χ4v) is 2.30. The van der Waals surface area contributed by atoms with Gasteiger partial charge in [0.15, 0.2) is 0 Å². The number of nitrogens with zero attached hydrogens (tertiary/aromatic N) is 1. The molecule has 1 aromatic carbocycles. The first-order valence-electron chi connectivity index (χ1n) is 7.03. The van der Waals surface area contributed by atoms with E-state index in [-0.39, 0.29) is 5.56 Å². The molecular formula is C16H17FN2O3. The summed E-state index contributed by atoms with van der Waals surface area (Å²) in [6.07, 6.45) is 0.958. The molecule has 116 valence electrons. The van der Waals surface area contributed by atoms with Gasteiger partial charge in [0.1, 0.15) is 11.9 Å². The van der Waals surface area contributed by atoms with Crippen LogP contribution in [0.15, 0.2) is 24.3 Å². The van der Waals surface area contributed by atoms with Crippen LogP contribution in [0.4, 0.5) is 4.39 Å². The van der Waals surface area contributed by atoms with Crippen molar-refractivity contribution in [3.05, 3.63) is 41.3 Å². The minimum atomic E-state index is -1.09. The lowest BCUT2D eigenvalue weighted by Crippen LogP contribution is -2.40. The summed E-state index contributed by atoms with van der Waals surface area (Å²) in [4.78, 5) is 27.8. The van der Waals surface area contributed by atoms with Crippen molar-refractivity contribution in [3.63, 3.8) is 0 Å². The summed E-state index contributed by atoms with van der Waals surface area (Å²) in [5, 5.41) is 12.0. The minimum absolute atomic E-state index is 0.226. The molecule has 0 aliphatic heterocycles. The standard InChI is InChI=1S/C16H17FN2O3/c1-3-4-14(16(21)22)19-15(20)12-7-9(2)18-13-6-5-10(17)8-11(12)13/h5-8,14H,3-4H2,1-2H3,(H,19,20)(H,21,22). The molecule has 1 heterocycles. The Hall–Kier alpha value is -2.50. The number of rotatable bonds is 5. The summed E-state index contributed by atoms with van der Waals surface area (Å²) < 4.78 is 13.4. The first-order chi connectivity index (χ1) is 10.4. The highest BCUT2D eigenvalue weighted by Gasteiger charge is 2.21. The molecule has 0 aliphatic rings. The Morgan fingerprint density at radius 2 is 2.09 bits per heavy atom. The second-order valence-corrected chi connectivity index (χ2v) is 5.13. The van der Waals surface area contributed by atoms with Gasteiger partial charge in [0.05, 0.1) is 11.1 Å². The molecule has 2 rings (SSSR count). The van der Waals surface area contributed by atoms with E-state index in [4.69, 9.17) is 5.11 Å². The molecule has 0 fully saturated rings. The van der Waals surface area contributed by atoms with Gasteiger partial charge in [-0.05, 0) is 37.6 Å². The monoisotopic (exact) mass is 304 g/mol. The lowest BCUT2D eigenvalue weighted by atomic mass is 10.1. The average Bonchev–Trinajstić information content (AvgIpc) is 2.46. The van der Waals surface area contributed by atoms with Crippen molar-refractivity contribution in [1.29, 1.82) is 0 Å². The number of pyridine rings is 1. The lowest BCUT2D eigenvalue weighted by Gasteiger charge is -2.15. The van der Waals surface area contributed by atoms with E-state index in [0.29, 0.717) is 29.4 Å². The molecule has 22 heavy (non-hydrogen) atoms. The normalized spacial score (nSPS) is 12.1. The zero-order valence-electron chi connectivity index (χ0n) is 12.4. The second-order valence-electron chi connectivity index (χ2n) is 5.13. The van der Waals surface area contributed by atoms with Crippen LogP contribution in [0, 0.1) is 12.7 Å². The number of halogens is 1. The molecule has 5 nitrogen and oxygen atoms in total. The van der Waals surface area contributed by atoms with Crippen molar-refractivity contribution < 1.29 is 19.1 Å². The van der Waals surface area contributed by atoms with Gasteiger partial charge in [0, 0.05) is 11.1 Å². The number of benzene rings is 1. The molecule has 0 radical (unpaired) electrons. The number of aliphatic carboxylic acids is 1. The molecule has 0 saturated carbocycles. The number of hydrogen-bond donors (Lipinski definition) is 2. The van der Waals surface area contributed by atoms with Crippen LogP contribution >= 0.6 is 0 Å². The second kappa shape index (κ2) is 6.51. The van der Waals surface area contributed by atoms with Crippen molar-refractivity contribution >= 4 is 22.8 Å². The van der Waals surface area contributed by atoms with Gasteiger partial charge in [-0.25, -0.2) is 9.18 Å². The molecule has 2 aromatic rings. The molecule has 1 atom stereocenters. The maximum absolute atomic E-state index is 13.4. The van der Waals surface area contributed by atoms with Gasteiger partial charge in [0.25, 0.3) is 5.91 Å². The summed E-state index contributed by atoms with van der Waals surface area (Å²) in [6, 6.07) is 4.56. The van der Waals surface area contributed by atoms with Gasteiger partial charge < -0.3 is 10.4 Å². The van der Waals surface area contributed by atoms with Gasteiger partial charge in [0.2, 0.25) is 0 Å². The SMILES string of the molecule is CCCC(NC(=O)c1cc(C)nc2ccc(F)cc12)C(=O)O. The van der Waals surface area contributed by atoms with Crippen LogP contribution in [-0.4, -0.2) is 28.0 Å². The van der Waals surface area contributed by atoms with Crippen LogP contribution < -0.4 is 5.32 Å². The Balaban J connectivity index is 2.42. The average molecular weight is 304 g/mol. The predicted octanol–water partition coefficient (Wildman–Crippen LogP) is 2.67. The number of nitrogens with one attached hydrogen (secondary N) is 1. The van der Waals surface area contributed by atoms with E-state index in [1.807, 2.05) is 6.92 Å². The molecule has 1 unspecified atom stereocenters. The van der Waals surface area contributed by atoms with E-state index in [1.54, 1.807) is 6.92 Å². The topological polar surface area (TPSA) is 79.3 Å². The Bertz CT molecular complexity index is 731. The number of aromatic nitrogens is 1. The van der Waals surface area contributed by atoms with Crippen molar-refractivity contribution in [2.75, 3.05) is 0 Å². The first-order valence-corrected chi connectivity index (χ1v) is 7.03. The number of carboxylic acid groups (broad SMARTS) is 1. The number of amides is 1. The number of hydrogen-bond acceptors (Lipinski definition) is 3. The zero-order chi connectivity index (χ0) is 16.3. The van der Waals surface area contributed by atoms with Crippen LogP contribution in [0.25, 0.3) is 10.9 Å². The number of aryl methyl sites for hydroxylation is 1. The van der Waals surface area contributed by atoms with E-state index < -0.39 is 23.7 Å². The highest BCUT2D eigenvalue weighted by molar-refractivity contribution is 6.07. The zero-order valence-corrected chi connectivity index (χ0v) is 12.4. The first kappa shape index (κ1) is 15.9. The maximum atomic E-state index is 13.4. The number of carbonyl (C=O) groups excluding carboxylic acids is 1. The van der Waals surface area contributed by atoms with Crippen LogP contribution in [-0.2, 0) is 4.79 Å². The predicted molar refractivity (Wildman–Crippen MR) is 80.2 cm³/mol. The molecule has 0 spiro atoms. The Morgan fingerprint density at radius 3 is 2.73 bits per heavy atom. The van der Waals surface area contributed by atoms with Gasteiger partial charge in [-0.2, -0.15) is 0 Å². The molecule has 1 amide bonds. The number of fused-ring (bicyclic) bond motifs is 1. The third-order valence-electron chi connectivity index (χ3n) is 3.32. The molecule has 1 aromatic heterocycles. The highest BCUT2D eigenvalue weighted by atomic mass is 19.1. The quantitative estimate of drug-likeness (QED) is 0.890. The van der Waals surface area contributed by atoms with E-state index in [0.717, 1.165) is 0 Å². The van der Waals surface area contributed by atoms with Crippen LogP contribution in [0.2, 0.25) is 0 Å². The minimum Gasteiger partial charge on any atom is -0.480 e. The maximum Gasteiger partial charge on any atom is 0.326 e. The molecule has 0 saturated heterocycles. The van der Waals surface area contributed by atoms with E-state index in [9.17, 15) is 14.0 Å². The summed E-state index contributed by atoms with van der Waals surface area (Å²) in [5.74, 6) is -2.10. The van der Waals surface area contributed by atoms with Crippen LogP contribution in [0.1, 0.15) is 35.8 Å². The van der Waals surface area contributed by atoms with E-state index in [1.165, 1.54) is 24.3 Å². The van der Waals surface area contributed by atoms with Crippen LogP contribution in [0.5, 0.6) is 0 Å². The Kier molecular flexibility index (Phi) is 4.70. The Morgan fingerprint density at radius 1 is 1.36 bits per heavy atom. The summed E-state index contributed by atoms with van der Waals surface area (Å²) >= 11 is 0. The van der Waals surface area contributed by atoms with E-state index in [2.05, 4.69) is 10.3 Å². The molecular weight excluding hydrogens is 287 g/mol. The molecule has 2 N–H and O–H groups in total. The largest absolute Gasteiger partial charge is 0.480 e. The number of carbonyl (C=O) groups is 2. The fourth-order valence-electron chi connectivity index (χ4n) is 2.30. The van der Waals surface area contributed by atoms with Gasteiger partial charge in [-0.3, -0.25) is 9.78 Å². The van der Waals surface area contributed by atoms with Gasteiger partial charge in [-0.15, -0.1) is 0 Å². The molecule has 6 heteroatoms. The van der Waals surface area contributed by atoms with Gasteiger partial charge >= 0.3 is 5.97 Å². The number of carboxylic acids is 1. The van der Waals surface area contributed by atoms with Crippen LogP contribution in [0.3, 0.4) is 0 Å². The molecule has 0 bridgehead atoms. The molecule has 0 aliphatic carbocycles. The highest BCUT2D eigenvalue weighted by Crippen LogP contribution is 2.20. The van der Waals surface area contributed by atoms with Gasteiger partial charge in [-0.1, -0.05) is 13.3 Å². The van der Waals surface area contributed by atoms with Crippen molar-refractivity contribution in [2.24, 2.45) is 0 Å². The fraction of sp³-hybridized carbons (Fsp3) is 0.312. The van der Waals surface area contributed by atoms with Crippen molar-refractivity contribution in [1.82, 2.24) is 10.3 Å². The smallest absolute Gasteiger partial charge is 0.326 e. The lowest BCUT2D eigenvalue weighted by molar-refractivity contribution is -0.139. The summed E-state index contributed by atoms with van der Waals surface area (Å²) in [7, 11) is 0. The summed E-state index contributed by atoms with van der Waals surface area (Å²) in [6.45, 7) is 3.56. The van der Waals surface area contributed by atoms with E-state index >= 15 is 0 Å². The van der Waals surface area contributed by atoms with Crippen molar-refractivity contribution in [2.45, 2.75) is 32.7 Å². The third-order valence-corrected chi connectivity index (χ3v) is 3.32. The third kappa shape index (κ3) is 3.39.